The van der Waals surface area contributed by atoms with Gasteiger partial charge in [0.2, 0.25) is 6.10 Å². The van der Waals surface area contributed by atoms with Crippen molar-refractivity contribution in [3.8, 4) is 0 Å². The second-order valence-electron chi connectivity index (χ2n) is 1.95. The van der Waals surface area contributed by atoms with Crippen LogP contribution in [0.2, 0.25) is 0 Å². The molecule has 1 aliphatic rings. The molecule has 0 aromatic heterocycles. The van der Waals surface area contributed by atoms with E-state index in [-0.39, 0.29) is 18.6 Å². The zero-order valence-corrected chi connectivity index (χ0v) is 5.12. The molecule has 0 aliphatic carbocycles. The summed E-state index contributed by atoms with van der Waals surface area (Å²) in [5, 5.41) is 0. The summed E-state index contributed by atoms with van der Waals surface area (Å²) in [6.45, 7) is 0. The van der Waals surface area contributed by atoms with Crippen LogP contribution in [0.25, 0.3) is 0 Å². The number of cyclic esters (lactones) is 1. The standard InChI is InChI=1S/C6H5O4/c7-3-5-4(8)1-2-6(9)10-5/h5H,1-2H2. The molecule has 1 aliphatic heterocycles. The van der Waals surface area contributed by atoms with Gasteiger partial charge in [0.1, 0.15) is 0 Å². The summed E-state index contributed by atoms with van der Waals surface area (Å²) < 4.78 is 4.34. The lowest BCUT2D eigenvalue weighted by molar-refractivity contribution is -0.156. The number of ketones is 1. The Morgan fingerprint density at radius 1 is 1.40 bits per heavy atom. The van der Waals surface area contributed by atoms with E-state index in [2.05, 4.69) is 4.74 Å². The molecule has 1 saturated heterocycles. The van der Waals surface area contributed by atoms with Gasteiger partial charge in [-0.15, -0.1) is 0 Å². The van der Waals surface area contributed by atoms with E-state index in [1.165, 1.54) is 6.29 Å². The van der Waals surface area contributed by atoms with Crippen molar-refractivity contribution in [3.05, 3.63) is 0 Å². The summed E-state index contributed by atoms with van der Waals surface area (Å²) in [6, 6.07) is 0. The quantitative estimate of drug-likeness (QED) is 0.360. The van der Waals surface area contributed by atoms with Crippen molar-refractivity contribution in [1.82, 2.24) is 0 Å². The highest BCUT2D eigenvalue weighted by molar-refractivity contribution is 6.01. The molecule has 4 heteroatoms. The number of carbonyl (C=O) groups is 2. The largest absolute Gasteiger partial charge is 0.446 e. The lowest BCUT2D eigenvalue weighted by Crippen LogP contribution is -2.33. The summed E-state index contributed by atoms with van der Waals surface area (Å²) in [4.78, 5) is 30.9. The van der Waals surface area contributed by atoms with Gasteiger partial charge >= 0.3 is 5.97 Å². The molecule has 1 fully saturated rings. The lowest BCUT2D eigenvalue weighted by Gasteiger charge is -2.14. The second-order valence-corrected chi connectivity index (χ2v) is 1.95. The third-order valence-electron chi connectivity index (χ3n) is 1.22. The lowest BCUT2D eigenvalue weighted by atomic mass is 10.1. The van der Waals surface area contributed by atoms with E-state index in [0.29, 0.717) is 0 Å². The molecule has 0 aromatic carbocycles. The molecule has 0 saturated carbocycles. The second kappa shape index (κ2) is 2.60. The molecular weight excluding hydrogens is 136 g/mol. The fraction of sp³-hybridized carbons (Fsp3) is 0.500. The fourth-order valence-corrected chi connectivity index (χ4v) is 0.702. The van der Waals surface area contributed by atoms with Crippen molar-refractivity contribution in [2.45, 2.75) is 18.9 Å². The van der Waals surface area contributed by atoms with Crippen LogP contribution in [0.1, 0.15) is 12.8 Å². The Bertz CT molecular complexity index is 184. The van der Waals surface area contributed by atoms with Crippen molar-refractivity contribution in [1.29, 1.82) is 0 Å². The minimum absolute atomic E-state index is 0.0804. The molecule has 1 atom stereocenters. The molecule has 10 heavy (non-hydrogen) atoms. The molecule has 0 spiro atoms. The highest BCUT2D eigenvalue weighted by atomic mass is 16.6. The Morgan fingerprint density at radius 3 is 2.60 bits per heavy atom. The van der Waals surface area contributed by atoms with E-state index in [0.717, 1.165) is 0 Å². The minimum Gasteiger partial charge on any atom is -0.446 e. The Balaban J connectivity index is 2.62. The van der Waals surface area contributed by atoms with Gasteiger partial charge in [-0.1, -0.05) is 0 Å². The number of hydrogen-bond donors (Lipinski definition) is 0. The average molecular weight is 141 g/mol. The molecule has 1 unspecified atom stereocenters. The summed E-state index contributed by atoms with van der Waals surface area (Å²) in [5.41, 5.74) is 0. The maximum atomic E-state index is 10.6. The number of ether oxygens (including phenoxy) is 1. The van der Waals surface area contributed by atoms with Gasteiger partial charge in [0.25, 0.3) is 6.29 Å². The van der Waals surface area contributed by atoms with E-state index in [1.807, 2.05) is 0 Å². The number of Topliss-reactive ketones (excluding diaryl/α,β-unsaturated/α-hetero) is 1. The van der Waals surface area contributed by atoms with Gasteiger partial charge in [0.15, 0.2) is 5.78 Å². The summed E-state index contributed by atoms with van der Waals surface area (Å²) >= 11 is 0. The van der Waals surface area contributed by atoms with E-state index < -0.39 is 12.1 Å². The molecule has 53 valence electrons. The first-order valence-electron chi connectivity index (χ1n) is 2.84. The van der Waals surface area contributed by atoms with Gasteiger partial charge in [-0.3, -0.25) is 14.4 Å². The van der Waals surface area contributed by atoms with Crippen LogP contribution in [-0.4, -0.2) is 24.1 Å². The van der Waals surface area contributed by atoms with Gasteiger partial charge < -0.3 is 4.74 Å². The van der Waals surface area contributed by atoms with Crippen molar-refractivity contribution >= 4 is 18.0 Å². The molecule has 0 bridgehead atoms. The van der Waals surface area contributed by atoms with Crippen LogP contribution in [0.5, 0.6) is 0 Å². The Kier molecular flexibility index (Phi) is 1.80. The van der Waals surface area contributed by atoms with Crippen LogP contribution < -0.4 is 0 Å². The monoisotopic (exact) mass is 141 g/mol. The van der Waals surface area contributed by atoms with Gasteiger partial charge in [0.05, 0.1) is 6.42 Å². The number of hydrogen-bond acceptors (Lipinski definition) is 4. The predicted molar refractivity (Wildman–Crippen MR) is 29.8 cm³/mol. The summed E-state index contributed by atoms with van der Waals surface area (Å²) in [7, 11) is 0. The predicted octanol–water partition coefficient (Wildman–Crippen LogP) is -0.629. The maximum Gasteiger partial charge on any atom is 0.307 e. The van der Waals surface area contributed by atoms with Crippen LogP contribution in [-0.2, 0) is 19.1 Å². The smallest absolute Gasteiger partial charge is 0.307 e. The molecule has 1 heterocycles. The van der Waals surface area contributed by atoms with Gasteiger partial charge in [-0.05, 0) is 0 Å². The van der Waals surface area contributed by atoms with Gasteiger partial charge in [0, 0.05) is 6.42 Å². The molecule has 1 rings (SSSR count). The van der Waals surface area contributed by atoms with Crippen LogP contribution in [0.3, 0.4) is 0 Å². The topological polar surface area (TPSA) is 60.4 Å². The van der Waals surface area contributed by atoms with Crippen molar-refractivity contribution in [2.24, 2.45) is 0 Å². The first-order chi connectivity index (χ1) is 4.74. The Morgan fingerprint density at radius 2 is 2.10 bits per heavy atom. The highest BCUT2D eigenvalue weighted by Crippen LogP contribution is 2.07. The van der Waals surface area contributed by atoms with E-state index in [4.69, 9.17) is 0 Å². The maximum absolute atomic E-state index is 10.6. The van der Waals surface area contributed by atoms with Crippen LogP contribution in [0.15, 0.2) is 0 Å². The van der Waals surface area contributed by atoms with Crippen LogP contribution in [0, 0.1) is 0 Å². The zero-order chi connectivity index (χ0) is 7.56. The SMILES string of the molecule is O=[C]C1OC(=O)CCC1=O. The summed E-state index contributed by atoms with van der Waals surface area (Å²) in [6.07, 6.45) is 0.255. The van der Waals surface area contributed by atoms with E-state index >= 15 is 0 Å². The van der Waals surface area contributed by atoms with Gasteiger partial charge in [-0.2, -0.15) is 0 Å². The molecular formula is C6H5O4. The van der Waals surface area contributed by atoms with Crippen molar-refractivity contribution in [3.63, 3.8) is 0 Å². The van der Waals surface area contributed by atoms with E-state index in [1.54, 1.807) is 0 Å². The highest BCUT2D eigenvalue weighted by Gasteiger charge is 2.28. The number of carbonyl (C=O) groups excluding carboxylic acids is 3. The third-order valence-corrected chi connectivity index (χ3v) is 1.22. The Hall–Kier alpha value is -1.19. The third kappa shape index (κ3) is 1.21. The van der Waals surface area contributed by atoms with Crippen LogP contribution >= 0.6 is 0 Å². The molecule has 0 N–H and O–H groups in total. The van der Waals surface area contributed by atoms with Crippen molar-refractivity contribution < 1.29 is 19.1 Å². The minimum atomic E-state index is -1.26. The van der Waals surface area contributed by atoms with E-state index in [9.17, 15) is 14.4 Å². The molecule has 0 aromatic rings. The molecule has 4 nitrogen and oxygen atoms in total. The summed E-state index contributed by atoms with van der Waals surface area (Å²) in [5.74, 6) is -0.873. The molecule has 1 radical (unpaired) electrons. The molecule has 0 amide bonds. The zero-order valence-electron chi connectivity index (χ0n) is 5.12. The average Bonchev–Trinajstić information content (AvgIpc) is 1.94. The first kappa shape index (κ1) is 6.92. The van der Waals surface area contributed by atoms with Crippen LogP contribution in [0.4, 0.5) is 0 Å². The van der Waals surface area contributed by atoms with Gasteiger partial charge in [-0.25, -0.2) is 0 Å². The number of esters is 1. The van der Waals surface area contributed by atoms with Crippen molar-refractivity contribution in [2.75, 3.05) is 0 Å². The first-order valence-corrected chi connectivity index (χ1v) is 2.84. The fourth-order valence-electron chi connectivity index (χ4n) is 0.702. The normalized spacial score (nSPS) is 25.8. The Labute approximate surface area is 57.2 Å². The number of rotatable bonds is 1.